The summed E-state index contributed by atoms with van der Waals surface area (Å²) < 4.78 is 5.31. The van der Waals surface area contributed by atoms with Gasteiger partial charge in [-0.2, -0.15) is 16.9 Å². The van der Waals surface area contributed by atoms with Gasteiger partial charge in [0.15, 0.2) is 5.82 Å². The van der Waals surface area contributed by atoms with Crippen LogP contribution in [-0.2, 0) is 18.7 Å². The second-order valence-electron chi connectivity index (χ2n) is 6.35. The number of methoxy groups -OCH3 is 1. The first kappa shape index (κ1) is 18.6. The molecule has 8 heteroatoms. The van der Waals surface area contributed by atoms with E-state index < -0.39 is 0 Å². The van der Waals surface area contributed by atoms with Gasteiger partial charge in [-0.3, -0.25) is 5.10 Å². The lowest BCUT2D eigenvalue weighted by Crippen LogP contribution is -2.38. The van der Waals surface area contributed by atoms with Crippen molar-refractivity contribution in [1.82, 2.24) is 25.8 Å². The zero-order chi connectivity index (χ0) is 18.4. The molecule has 0 spiro atoms. The number of rotatable bonds is 7. The Morgan fingerprint density at radius 1 is 1.42 bits per heavy atom. The van der Waals surface area contributed by atoms with Gasteiger partial charge in [0.25, 0.3) is 0 Å². The van der Waals surface area contributed by atoms with E-state index in [4.69, 9.17) is 4.74 Å². The van der Waals surface area contributed by atoms with Crippen molar-refractivity contribution >= 4 is 17.8 Å². The molecule has 3 N–H and O–H groups in total. The third kappa shape index (κ3) is 4.69. The fourth-order valence-electron chi connectivity index (χ4n) is 3.28. The molecule has 2 aromatic rings. The number of hydrogen-bond donors (Lipinski definition) is 3. The highest BCUT2D eigenvalue weighted by Gasteiger charge is 2.21. The number of amides is 2. The number of hydrogen-bond acceptors (Lipinski definition) is 5. The normalized spacial score (nSPS) is 16.0. The van der Waals surface area contributed by atoms with Crippen LogP contribution >= 0.6 is 11.8 Å². The molecule has 2 amide bonds. The van der Waals surface area contributed by atoms with Crippen molar-refractivity contribution in [3.05, 3.63) is 41.0 Å². The van der Waals surface area contributed by atoms with E-state index in [1.807, 2.05) is 12.3 Å². The van der Waals surface area contributed by atoms with Gasteiger partial charge in [0.2, 0.25) is 0 Å². The molecule has 7 nitrogen and oxygen atoms in total. The number of nitrogens with one attached hydrogen (secondary N) is 3. The molecular weight excluding hydrogens is 350 g/mol. The van der Waals surface area contributed by atoms with Crippen LogP contribution in [-0.4, -0.2) is 41.1 Å². The van der Waals surface area contributed by atoms with Crippen molar-refractivity contribution in [3.8, 4) is 5.75 Å². The Morgan fingerprint density at radius 2 is 2.31 bits per heavy atom. The van der Waals surface area contributed by atoms with E-state index in [2.05, 4.69) is 37.9 Å². The lowest BCUT2D eigenvalue weighted by Gasteiger charge is -2.26. The van der Waals surface area contributed by atoms with E-state index in [1.54, 1.807) is 18.9 Å². The molecular formula is C18H25N5O2S. The highest BCUT2D eigenvalue weighted by molar-refractivity contribution is 7.97. The van der Waals surface area contributed by atoms with Gasteiger partial charge < -0.3 is 15.4 Å². The first-order chi connectivity index (χ1) is 12.7. The lowest BCUT2D eigenvalue weighted by molar-refractivity contribution is 0.239. The van der Waals surface area contributed by atoms with Gasteiger partial charge in [-0.15, -0.1) is 0 Å². The van der Waals surface area contributed by atoms with Crippen LogP contribution in [0.3, 0.4) is 0 Å². The van der Waals surface area contributed by atoms with Crippen molar-refractivity contribution in [2.45, 2.75) is 37.5 Å². The molecule has 3 rings (SSSR count). The molecule has 1 aliphatic rings. The summed E-state index contributed by atoms with van der Waals surface area (Å²) in [4.78, 5) is 16.4. The highest BCUT2D eigenvalue weighted by Crippen LogP contribution is 2.33. The topological polar surface area (TPSA) is 91.9 Å². The Labute approximate surface area is 157 Å². The Hall–Kier alpha value is -2.22. The number of aryl methyl sites for hydroxylation is 1. The molecule has 1 heterocycles. The van der Waals surface area contributed by atoms with Crippen molar-refractivity contribution in [3.63, 3.8) is 0 Å². The summed E-state index contributed by atoms with van der Waals surface area (Å²) in [6, 6.07) is 6.04. The minimum atomic E-state index is -0.187. The quantitative estimate of drug-likeness (QED) is 0.692. The Bertz CT molecular complexity index is 749. The van der Waals surface area contributed by atoms with Crippen LogP contribution in [0.15, 0.2) is 18.2 Å². The summed E-state index contributed by atoms with van der Waals surface area (Å²) >= 11 is 1.66. The fourth-order valence-corrected chi connectivity index (χ4v) is 3.67. The van der Waals surface area contributed by atoms with Crippen molar-refractivity contribution in [2.24, 2.45) is 0 Å². The van der Waals surface area contributed by atoms with E-state index in [-0.39, 0.29) is 6.03 Å². The smallest absolute Gasteiger partial charge is 0.315 e. The number of nitrogens with zero attached hydrogens (tertiary/aromatic N) is 2. The molecule has 0 radical (unpaired) electrons. The number of urea groups is 1. The number of benzene rings is 1. The summed E-state index contributed by atoms with van der Waals surface area (Å²) in [5.41, 5.74) is 2.64. The van der Waals surface area contributed by atoms with E-state index in [0.29, 0.717) is 24.8 Å². The summed E-state index contributed by atoms with van der Waals surface area (Å²) in [5.74, 6) is 3.41. The molecule has 140 valence electrons. The predicted molar refractivity (Wildman–Crippen MR) is 103 cm³/mol. The van der Waals surface area contributed by atoms with Gasteiger partial charge in [0, 0.05) is 12.5 Å². The number of carbonyl (C=O) groups excluding carboxylic acids is 1. The van der Waals surface area contributed by atoms with E-state index >= 15 is 0 Å². The number of aromatic nitrogens is 3. The standard InChI is InChI=1S/C18H25N5O2S/c1-25-14-6-7-15-12(8-14)4-3-5-13(15)9-19-18(24)20-10-16-21-17(11-26-2)23-22-16/h6-8,13H,3-5,9-11H2,1-2H3,(H2,19,20,24)(H,21,22,23). The molecule has 1 aliphatic carbocycles. The zero-order valence-electron chi connectivity index (χ0n) is 15.2. The lowest BCUT2D eigenvalue weighted by atomic mass is 9.82. The molecule has 0 bridgehead atoms. The first-order valence-corrected chi connectivity index (χ1v) is 10.2. The molecule has 26 heavy (non-hydrogen) atoms. The van der Waals surface area contributed by atoms with Crippen LogP contribution in [0.4, 0.5) is 4.79 Å². The fraction of sp³-hybridized carbons (Fsp3) is 0.500. The van der Waals surface area contributed by atoms with Gasteiger partial charge in [0.1, 0.15) is 11.6 Å². The summed E-state index contributed by atoms with van der Waals surface area (Å²) in [7, 11) is 1.69. The minimum absolute atomic E-state index is 0.187. The van der Waals surface area contributed by atoms with Crippen LogP contribution < -0.4 is 15.4 Å². The summed E-state index contributed by atoms with van der Waals surface area (Å²) in [6.45, 7) is 0.963. The third-order valence-electron chi connectivity index (χ3n) is 4.57. The molecule has 1 atom stereocenters. The van der Waals surface area contributed by atoms with E-state index in [0.717, 1.165) is 36.6 Å². The number of aromatic amines is 1. The highest BCUT2D eigenvalue weighted by atomic mass is 32.2. The average Bonchev–Trinajstić information content (AvgIpc) is 3.12. The molecule has 0 fully saturated rings. The average molecular weight is 375 g/mol. The minimum Gasteiger partial charge on any atom is -0.497 e. The molecule has 1 aromatic heterocycles. The molecule has 0 saturated carbocycles. The SMILES string of the molecule is COc1ccc2c(c1)CCCC2CNC(=O)NCc1nc(CSC)n[nH]1. The van der Waals surface area contributed by atoms with E-state index in [9.17, 15) is 4.79 Å². The molecule has 1 unspecified atom stereocenters. The van der Waals surface area contributed by atoms with Crippen LogP contribution in [0, 0.1) is 0 Å². The number of H-pyrrole nitrogens is 1. The number of fused-ring (bicyclic) bond motifs is 1. The van der Waals surface area contributed by atoms with Crippen LogP contribution in [0.5, 0.6) is 5.75 Å². The van der Waals surface area contributed by atoms with Gasteiger partial charge in [-0.1, -0.05) is 6.07 Å². The predicted octanol–water partition coefficient (Wildman–Crippen LogP) is 2.60. The van der Waals surface area contributed by atoms with Gasteiger partial charge >= 0.3 is 6.03 Å². The number of carbonyl (C=O) groups is 1. The maximum atomic E-state index is 12.1. The zero-order valence-corrected chi connectivity index (χ0v) is 16.0. The van der Waals surface area contributed by atoms with Crippen molar-refractivity contribution in [2.75, 3.05) is 19.9 Å². The largest absolute Gasteiger partial charge is 0.497 e. The Kier molecular flexibility index (Phi) is 6.38. The van der Waals surface area contributed by atoms with Crippen LogP contribution in [0.1, 0.15) is 41.5 Å². The Morgan fingerprint density at radius 3 is 3.12 bits per heavy atom. The Balaban J connectivity index is 1.49. The van der Waals surface area contributed by atoms with Gasteiger partial charge in [-0.05, 0) is 48.8 Å². The monoisotopic (exact) mass is 375 g/mol. The summed E-state index contributed by atoms with van der Waals surface area (Å²) in [6.07, 6.45) is 5.28. The maximum absolute atomic E-state index is 12.1. The van der Waals surface area contributed by atoms with Crippen LogP contribution in [0.2, 0.25) is 0 Å². The number of ether oxygens (including phenoxy) is 1. The second-order valence-corrected chi connectivity index (χ2v) is 7.21. The second kappa shape index (κ2) is 8.93. The molecule has 0 saturated heterocycles. The van der Waals surface area contributed by atoms with Crippen molar-refractivity contribution < 1.29 is 9.53 Å². The first-order valence-electron chi connectivity index (χ1n) is 8.77. The third-order valence-corrected chi connectivity index (χ3v) is 5.11. The maximum Gasteiger partial charge on any atom is 0.315 e. The van der Waals surface area contributed by atoms with Gasteiger partial charge in [0.05, 0.1) is 19.4 Å². The number of thioether (sulfide) groups is 1. The van der Waals surface area contributed by atoms with E-state index in [1.165, 1.54) is 11.1 Å². The van der Waals surface area contributed by atoms with Crippen molar-refractivity contribution in [1.29, 1.82) is 0 Å². The molecule has 1 aromatic carbocycles. The van der Waals surface area contributed by atoms with Crippen LogP contribution in [0.25, 0.3) is 0 Å². The van der Waals surface area contributed by atoms with Gasteiger partial charge in [-0.25, -0.2) is 9.78 Å². The summed E-state index contributed by atoms with van der Waals surface area (Å²) in [5, 5.41) is 12.8. The molecule has 0 aliphatic heterocycles.